The maximum absolute atomic E-state index is 12.2. The van der Waals surface area contributed by atoms with Crippen LogP contribution in [0.5, 0.6) is 0 Å². The number of hydrogen-bond acceptors (Lipinski definition) is 6. The molecule has 0 atom stereocenters. The van der Waals surface area contributed by atoms with Gasteiger partial charge < -0.3 is 19.7 Å². The molecule has 0 aliphatic rings. The van der Waals surface area contributed by atoms with Crippen LogP contribution >= 0.6 is 0 Å². The molecule has 0 aliphatic heterocycles. The van der Waals surface area contributed by atoms with Gasteiger partial charge in [0.05, 0.1) is 28.9 Å². The number of ether oxygens (including phenoxy) is 2. The average Bonchev–Trinajstić information content (AvgIpc) is 2.95. The van der Waals surface area contributed by atoms with Crippen LogP contribution in [0.25, 0.3) is 0 Å². The first-order chi connectivity index (χ1) is 19.5. The molecular formula is C33H38O8. The Labute approximate surface area is 240 Å². The quantitative estimate of drug-likeness (QED) is 0.184. The van der Waals surface area contributed by atoms with E-state index in [1.165, 1.54) is 6.07 Å². The summed E-state index contributed by atoms with van der Waals surface area (Å²) in [5, 5.41) is 18.4. The third kappa shape index (κ3) is 9.31. The van der Waals surface area contributed by atoms with E-state index in [-0.39, 0.29) is 40.7 Å². The van der Waals surface area contributed by atoms with Gasteiger partial charge in [0.25, 0.3) is 0 Å². The number of unbranched alkanes of at least 4 members (excludes halogenated alkanes) is 1. The van der Waals surface area contributed by atoms with Crippen molar-refractivity contribution in [2.45, 2.75) is 65.9 Å². The number of aromatic carboxylic acids is 2. The van der Waals surface area contributed by atoms with Crippen LogP contribution in [0, 0.1) is 0 Å². The van der Waals surface area contributed by atoms with Crippen molar-refractivity contribution in [1.29, 1.82) is 0 Å². The molecule has 0 radical (unpaired) electrons. The number of carbonyl (C=O) groups excluding carboxylic acids is 2. The Morgan fingerprint density at radius 1 is 0.683 bits per heavy atom. The number of hydrogen-bond donors (Lipinski definition) is 2. The molecule has 8 nitrogen and oxygen atoms in total. The van der Waals surface area contributed by atoms with Gasteiger partial charge in [0.2, 0.25) is 0 Å². The summed E-state index contributed by atoms with van der Waals surface area (Å²) < 4.78 is 10.5. The van der Waals surface area contributed by atoms with Crippen LogP contribution in [0.3, 0.4) is 0 Å². The second-order valence-corrected chi connectivity index (χ2v) is 10.0. The van der Waals surface area contributed by atoms with Gasteiger partial charge in [-0.15, -0.1) is 0 Å². The SMILES string of the molecule is CC(C)c1ccc(C(=O)O)c(C(=O)O)c1C(C)C.CCCCOC(=O)c1ccccc1C(=O)OCc1ccccc1. The van der Waals surface area contributed by atoms with Gasteiger partial charge in [-0.25, -0.2) is 19.2 Å². The third-order valence-corrected chi connectivity index (χ3v) is 6.23. The first kappa shape index (κ1) is 32.8. The van der Waals surface area contributed by atoms with E-state index < -0.39 is 23.9 Å². The fourth-order valence-corrected chi connectivity index (χ4v) is 4.20. The number of carboxylic acids is 2. The van der Waals surface area contributed by atoms with E-state index in [9.17, 15) is 24.3 Å². The number of benzene rings is 3. The molecular weight excluding hydrogens is 524 g/mol. The lowest BCUT2D eigenvalue weighted by atomic mass is 9.84. The first-order valence-corrected chi connectivity index (χ1v) is 13.6. The topological polar surface area (TPSA) is 127 Å². The Hall–Kier alpha value is -4.46. The lowest BCUT2D eigenvalue weighted by Gasteiger charge is -2.19. The molecule has 218 valence electrons. The van der Waals surface area contributed by atoms with Crippen molar-refractivity contribution >= 4 is 23.9 Å². The Morgan fingerprint density at radius 3 is 1.73 bits per heavy atom. The van der Waals surface area contributed by atoms with Gasteiger partial charge in [0.15, 0.2) is 0 Å². The monoisotopic (exact) mass is 562 g/mol. The molecule has 0 unspecified atom stereocenters. The van der Waals surface area contributed by atoms with Crippen LogP contribution in [0.15, 0.2) is 66.7 Å². The van der Waals surface area contributed by atoms with E-state index in [1.807, 2.05) is 65.0 Å². The molecule has 0 heterocycles. The summed E-state index contributed by atoms with van der Waals surface area (Å²) in [5.41, 5.74) is 2.65. The number of carbonyl (C=O) groups is 4. The number of carboxylic acid groups (broad SMARTS) is 2. The van der Waals surface area contributed by atoms with E-state index in [2.05, 4.69) is 0 Å². The molecule has 0 aromatic heterocycles. The van der Waals surface area contributed by atoms with Gasteiger partial charge in [-0.05, 0) is 53.1 Å². The van der Waals surface area contributed by atoms with Crippen molar-refractivity contribution in [2.24, 2.45) is 0 Å². The van der Waals surface area contributed by atoms with Crippen molar-refractivity contribution in [3.8, 4) is 0 Å². The minimum absolute atomic E-state index is 0.0344. The fraction of sp³-hybridized carbons (Fsp3) is 0.333. The molecule has 8 heteroatoms. The van der Waals surface area contributed by atoms with Gasteiger partial charge in [0, 0.05) is 0 Å². The highest BCUT2D eigenvalue weighted by molar-refractivity contribution is 6.04. The molecule has 0 bridgehead atoms. The highest BCUT2D eigenvalue weighted by Gasteiger charge is 2.25. The molecule has 3 aromatic rings. The molecule has 0 saturated carbocycles. The Bertz CT molecular complexity index is 1340. The van der Waals surface area contributed by atoms with Gasteiger partial charge in [-0.3, -0.25) is 0 Å². The smallest absolute Gasteiger partial charge is 0.339 e. The van der Waals surface area contributed by atoms with E-state index in [0.717, 1.165) is 24.0 Å². The highest BCUT2D eigenvalue weighted by Crippen LogP contribution is 2.31. The summed E-state index contributed by atoms with van der Waals surface area (Å²) in [6.07, 6.45) is 1.74. The molecule has 0 spiro atoms. The predicted molar refractivity (Wildman–Crippen MR) is 156 cm³/mol. The van der Waals surface area contributed by atoms with Crippen LogP contribution in [-0.4, -0.2) is 40.7 Å². The van der Waals surface area contributed by atoms with Crippen LogP contribution in [-0.2, 0) is 16.1 Å². The van der Waals surface area contributed by atoms with E-state index in [0.29, 0.717) is 12.2 Å². The van der Waals surface area contributed by atoms with E-state index in [4.69, 9.17) is 14.6 Å². The van der Waals surface area contributed by atoms with Crippen LogP contribution < -0.4 is 0 Å². The highest BCUT2D eigenvalue weighted by atomic mass is 16.5. The lowest BCUT2D eigenvalue weighted by Crippen LogP contribution is -2.15. The van der Waals surface area contributed by atoms with Crippen LogP contribution in [0.1, 0.15) is 117 Å². The zero-order valence-corrected chi connectivity index (χ0v) is 24.2. The average molecular weight is 563 g/mol. The van der Waals surface area contributed by atoms with E-state index >= 15 is 0 Å². The van der Waals surface area contributed by atoms with Crippen molar-refractivity contribution < 1.29 is 38.9 Å². The summed E-state index contributed by atoms with van der Waals surface area (Å²) in [4.78, 5) is 46.8. The van der Waals surface area contributed by atoms with Gasteiger partial charge >= 0.3 is 23.9 Å². The molecule has 0 fully saturated rings. The van der Waals surface area contributed by atoms with Gasteiger partial charge in [0.1, 0.15) is 6.61 Å². The van der Waals surface area contributed by atoms with Gasteiger partial charge in [-0.2, -0.15) is 0 Å². The molecule has 0 amide bonds. The molecule has 41 heavy (non-hydrogen) atoms. The van der Waals surface area contributed by atoms with Crippen molar-refractivity contribution in [1.82, 2.24) is 0 Å². The molecule has 0 saturated heterocycles. The normalized spacial score (nSPS) is 10.5. The van der Waals surface area contributed by atoms with Crippen LogP contribution in [0.4, 0.5) is 0 Å². The predicted octanol–water partition coefficient (Wildman–Crippen LogP) is 7.33. The van der Waals surface area contributed by atoms with Crippen molar-refractivity contribution in [3.63, 3.8) is 0 Å². The molecule has 2 N–H and O–H groups in total. The molecule has 3 aromatic carbocycles. The maximum Gasteiger partial charge on any atom is 0.339 e. The number of rotatable bonds is 11. The summed E-state index contributed by atoms with van der Waals surface area (Å²) >= 11 is 0. The first-order valence-electron chi connectivity index (χ1n) is 13.6. The summed E-state index contributed by atoms with van der Waals surface area (Å²) in [6.45, 7) is 10.2. The summed E-state index contributed by atoms with van der Waals surface area (Å²) in [6, 6.07) is 19.0. The third-order valence-electron chi connectivity index (χ3n) is 6.23. The van der Waals surface area contributed by atoms with Crippen molar-refractivity contribution in [3.05, 3.63) is 106 Å². The Kier molecular flexibility index (Phi) is 12.7. The standard InChI is InChI=1S/C19H20O4.C14H18O4/c1-2-3-13-22-18(20)16-11-7-8-12-17(16)19(21)23-14-15-9-5-4-6-10-15;1-7(2)9-5-6-10(13(15)16)12(14(17)18)11(9)8(3)4/h4-12H,2-3,13-14H2,1H3;5-8H,1-4H3,(H,15,16)(H,17,18). The van der Waals surface area contributed by atoms with E-state index in [1.54, 1.807) is 30.3 Å². The minimum atomic E-state index is -1.20. The zero-order chi connectivity index (χ0) is 30.5. The molecule has 0 aliphatic carbocycles. The van der Waals surface area contributed by atoms with Crippen molar-refractivity contribution in [2.75, 3.05) is 6.61 Å². The second-order valence-electron chi connectivity index (χ2n) is 10.0. The maximum atomic E-state index is 12.2. The largest absolute Gasteiger partial charge is 0.478 e. The minimum Gasteiger partial charge on any atom is -0.478 e. The Morgan fingerprint density at radius 2 is 1.24 bits per heavy atom. The lowest BCUT2D eigenvalue weighted by molar-refractivity contribution is 0.0437. The van der Waals surface area contributed by atoms with Crippen LogP contribution in [0.2, 0.25) is 0 Å². The second kappa shape index (κ2) is 16.0. The molecule has 3 rings (SSSR count). The summed E-state index contributed by atoms with van der Waals surface area (Å²) in [7, 11) is 0. The van der Waals surface area contributed by atoms with Gasteiger partial charge in [-0.1, -0.05) is 89.6 Å². The number of esters is 2. The zero-order valence-electron chi connectivity index (χ0n) is 24.2. The Balaban J connectivity index is 0.000000296. The fourth-order valence-electron chi connectivity index (χ4n) is 4.20. The summed E-state index contributed by atoms with van der Waals surface area (Å²) in [5.74, 6) is -3.29.